The van der Waals surface area contributed by atoms with Gasteiger partial charge in [-0.25, -0.2) is 0 Å². The van der Waals surface area contributed by atoms with Crippen molar-refractivity contribution in [3.8, 4) is 0 Å². The van der Waals surface area contributed by atoms with Crippen LogP contribution in [0, 0.1) is 24.0 Å². The number of rotatable bonds is 9. The highest BCUT2D eigenvalue weighted by Gasteiger charge is 2.27. The van der Waals surface area contributed by atoms with Crippen molar-refractivity contribution < 1.29 is 24.4 Å². The quantitative estimate of drug-likeness (QED) is 0.203. The second-order valence-corrected chi connectivity index (χ2v) is 7.62. The Labute approximate surface area is 183 Å². The van der Waals surface area contributed by atoms with Gasteiger partial charge in [-0.2, -0.15) is 0 Å². The first-order valence-electron chi connectivity index (χ1n) is 10.2. The van der Waals surface area contributed by atoms with Crippen LogP contribution in [0.2, 0.25) is 0 Å². The molecule has 32 heavy (non-hydrogen) atoms. The molecule has 0 unspecified atom stereocenters. The topological polar surface area (TPSA) is 154 Å². The highest BCUT2D eigenvalue weighted by molar-refractivity contribution is 6.35. The molecule has 1 aliphatic rings. The van der Waals surface area contributed by atoms with E-state index in [0.717, 1.165) is 0 Å². The molecular formula is C22H24N4O6. The molecule has 2 heterocycles. The van der Waals surface area contributed by atoms with Crippen LogP contribution in [0.4, 0.5) is 11.4 Å². The van der Waals surface area contributed by atoms with Gasteiger partial charge in [-0.1, -0.05) is 6.42 Å². The summed E-state index contributed by atoms with van der Waals surface area (Å²) in [4.78, 5) is 49.3. The van der Waals surface area contributed by atoms with Gasteiger partial charge in [0.05, 0.1) is 16.1 Å². The third-order valence-corrected chi connectivity index (χ3v) is 5.34. The van der Waals surface area contributed by atoms with Crippen molar-refractivity contribution in [2.45, 2.75) is 39.5 Å². The number of fused-ring (bicyclic) bond motifs is 1. The molecular weight excluding hydrogens is 416 g/mol. The lowest BCUT2D eigenvalue weighted by Crippen LogP contribution is -2.25. The molecule has 1 aromatic heterocycles. The molecule has 4 N–H and O–H groups in total. The fourth-order valence-corrected chi connectivity index (χ4v) is 3.70. The van der Waals surface area contributed by atoms with Crippen molar-refractivity contribution in [1.82, 2.24) is 10.3 Å². The molecule has 10 heteroatoms. The standard InChI is InChI=1S/C22H24N4O6/c1-12-18(11-16-15-10-14(26(31)32)7-8-17(15)25-21(16)29)24-13(2)20(12)22(30)23-9-5-3-4-6-19(27)28/h7-8,10-11,24H,3-6,9H2,1-2H3,(H,23,30)(H,25,29)(H,27,28)/b16-11-. The number of carboxylic acids is 1. The number of aryl methyl sites for hydroxylation is 1. The Morgan fingerprint density at radius 3 is 2.66 bits per heavy atom. The number of carbonyl (C=O) groups is 3. The lowest BCUT2D eigenvalue weighted by Gasteiger charge is -2.06. The summed E-state index contributed by atoms with van der Waals surface area (Å²) in [5, 5.41) is 25.3. The third-order valence-electron chi connectivity index (χ3n) is 5.34. The molecule has 2 aromatic rings. The second-order valence-electron chi connectivity index (χ2n) is 7.62. The smallest absolute Gasteiger partial charge is 0.303 e. The fraction of sp³-hybridized carbons (Fsp3) is 0.318. The zero-order valence-electron chi connectivity index (χ0n) is 17.8. The van der Waals surface area contributed by atoms with E-state index in [1.807, 2.05) is 0 Å². The summed E-state index contributed by atoms with van der Waals surface area (Å²) < 4.78 is 0. The number of hydrogen-bond donors (Lipinski definition) is 4. The number of H-pyrrole nitrogens is 1. The minimum Gasteiger partial charge on any atom is -0.481 e. The van der Waals surface area contributed by atoms with E-state index in [1.165, 1.54) is 18.2 Å². The number of carbonyl (C=O) groups excluding carboxylic acids is 2. The van der Waals surface area contributed by atoms with E-state index in [9.17, 15) is 24.5 Å². The predicted molar refractivity (Wildman–Crippen MR) is 118 cm³/mol. The highest BCUT2D eigenvalue weighted by Crippen LogP contribution is 2.36. The molecule has 0 aliphatic carbocycles. The molecule has 0 fully saturated rings. The summed E-state index contributed by atoms with van der Waals surface area (Å²) in [6.07, 6.45) is 3.65. The van der Waals surface area contributed by atoms with Gasteiger partial charge in [0, 0.05) is 47.7 Å². The fourth-order valence-electron chi connectivity index (χ4n) is 3.70. The lowest BCUT2D eigenvalue weighted by atomic mass is 10.0. The molecule has 3 rings (SSSR count). The van der Waals surface area contributed by atoms with Crippen LogP contribution < -0.4 is 10.6 Å². The first kappa shape index (κ1) is 22.7. The number of benzene rings is 1. The van der Waals surface area contributed by atoms with Gasteiger partial charge < -0.3 is 20.7 Å². The van der Waals surface area contributed by atoms with Crippen LogP contribution in [0.15, 0.2) is 18.2 Å². The van der Waals surface area contributed by atoms with Crippen molar-refractivity contribution in [3.63, 3.8) is 0 Å². The Bertz CT molecular complexity index is 1130. The number of anilines is 1. The van der Waals surface area contributed by atoms with Crippen LogP contribution in [0.1, 0.15) is 58.6 Å². The van der Waals surface area contributed by atoms with Crippen LogP contribution in [0.3, 0.4) is 0 Å². The van der Waals surface area contributed by atoms with E-state index in [0.29, 0.717) is 59.6 Å². The van der Waals surface area contributed by atoms with E-state index in [1.54, 1.807) is 19.9 Å². The number of nitrogens with one attached hydrogen (secondary N) is 3. The second kappa shape index (κ2) is 9.46. The van der Waals surface area contributed by atoms with Gasteiger partial charge in [0.1, 0.15) is 0 Å². The molecule has 0 saturated carbocycles. The number of non-ortho nitro benzene ring substituents is 1. The third kappa shape index (κ3) is 4.85. The average molecular weight is 440 g/mol. The zero-order valence-corrected chi connectivity index (χ0v) is 17.8. The first-order chi connectivity index (χ1) is 15.2. The normalized spacial score (nSPS) is 13.7. The number of aliphatic carboxylic acids is 1. The largest absolute Gasteiger partial charge is 0.481 e. The molecule has 1 aliphatic heterocycles. The minimum atomic E-state index is -0.831. The Kier molecular flexibility index (Phi) is 6.72. The molecule has 0 saturated heterocycles. The monoisotopic (exact) mass is 440 g/mol. The molecule has 2 amide bonds. The number of amides is 2. The van der Waals surface area contributed by atoms with Crippen LogP contribution >= 0.6 is 0 Å². The molecule has 0 radical (unpaired) electrons. The SMILES string of the molecule is Cc1[nH]c(/C=C2\C(=O)Nc3ccc([N+](=O)[O-])cc32)c(C)c1C(=O)NCCCCCC(=O)O. The number of nitrogens with zero attached hydrogens (tertiary/aromatic N) is 1. The maximum Gasteiger partial charge on any atom is 0.303 e. The highest BCUT2D eigenvalue weighted by atomic mass is 16.6. The van der Waals surface area contributed by atoms with Crippen LogP contribution in [0.5, 0.6) is 0 Å². The molecule has 0 bridgehead atoms. The number of aromatic nitrogens is 1. The van der Waals surface area contributed by atoms with Crippen molar-refractivity contribution >= 4 is 40.8 Å². The van der Waals surface area contributed by atoms with E-state index < -0.39 is 10.9 Å². The van der Waals surface area contributed by atoms with Crippen LogP contribution in [-0.4, -0.2) is 39.3 Å². The Morgan fingerprint density at radius 1 is 1.22 bits per heavy atom. The molecule has 1 aromatic carbocycles. The summed E-state index contributed by atoms with van der Waals surface area (Å²) in [5.41, 5.74) is 3.42. The van der Waals surface area contributed by atoms with E-state index in [-0.39, 0.29) is 29.5 Å². The van der Waals surface area contributed by atoms with Crippen LogP contribution in [-0.2, 0) is 9.59 Å². The lowest BCUT2D eigenvalue weighted by molar-refractivity contribution is -0.384. The Morgan fingerprint density at radius 2 is 1.97 bits per heavy atom. The zero-order chi connectivity index (χ0) is 23.4. The van der Waals surface area contributed by atoms with Gasteiger partial charge in [-0.3, -0.25) is 24.5 Å². The maximum atomic E-state index is 12.7. The van der Waals surface area contributed by atoms with Crippen molar-refractivity contribution in [3.05, 3.63) is 56.4 Å². The van der Waals surface area contributed by atoms with Crippen molar-refractivity contribution in [2.75, 3.05) is 11.9 Å². The molecule has 0 atom stereocenters. The van der Waals surface area contributed by atoms with E-state index in [4.69, 9.17) is 5.11 Å². The van der Waals surface area contributed by atoms with Gasteiger partial charge in [0.2, 0.25) is 0 Å². The summed E-state index contributed by atoms with van der Waals surface area (Å²) in [6, 6.07) is 4.17. The van der Waals surface area contributed by atoms with Crippen LogP contribution in [0.25, 0.3) is 11.6 Å². The first-order valence-corrected chi connectivity index (χ1v) is 10.2. The van der Waals surface area contributed by atoms with Gasteiger partial charge in [-0.15, -0.1) is 0 Å². The molecule has 0 spiro atoms. The van der Waals surface area contributed by atoms with Gasteiger partial charge in [-0.05, 0) is 44.4 Å². The number of unbranched alkanes of at least 4 members (excludes halogenated alkanes) is 2. The summed E-state index contributed by atoms with van der Waals surface area (Å²) in [6.45, 7) is 3.95. The summed E-state index contributed by atoms with van der Waals surface area (Å²) in [5.74, 6) is -1.46. The van der Waals surface area contributed by atoms with E-state index >= 15 is 0 Å². The summed E-state index contributed by atoms with van der Waals surface area (Å²) in [7, 11) is 0. The predicted octanol–water partition coefficient (Wildman–Crippen LogP) is 3.41. The van der Waals surface area contributed by atoms with Crippen molar-refractivity contribution in [2.24, 2.45) is 0 Å². The maximum absolute atomic E-state index is 12.7. The molecule has 168 valence electrons. The Hall–Kier alpha value is -3.95. The number of hydrogen-bond acceptors (Lipinski definition) is 5. The van der Waals surface area contributed by atoms with E-state index in [2.05, 4.69) is 15.6 Å². The number of nitro benzene ring substituents is 1. The van der Waals surface area contributed by atoms with Crippen molar-refractivity contribution in [1.29, 1.82) is 0 Å². The van der Waals surface area contributed by atoms with Gasteiger partial charge >= 0.3 is 5.97 Å². The average Bonchev–Trinajstić information content (AvgIpc) is 3.19. The Balaban J connectivity index is 1.77. The number of carboxylic acid groups (broad SMARTS) is 1. The minimum absolute atomic E-state index is 0.113. The summed E-state index contributed by atoms with van der Waals surface area (Å²) >= 11 is 0. The molecule has 10 nitrogen and oxygen atoms in total. The number of nitro groups is 1. The van der Waals surface area contributed by atoms with Gasteiger partial charge in [0.15, 0.2) is 0 Å². The number of aromatic amines is 1. The van der Waals surface area contributed by atoms with Gasteiger partial charge in [0.25, 0.3) is 17.5 Å².